The lowest BCUT2D eigenvalue weighted by Gasteiger charge is -2.35. The minimum absolute atomic E-state index is 0.0317. The normalized spacial score (nSPS) is 14.3. The van der Waals surface area contributed by atoms with Crippen molar-refractivity contribution in [3.63, 3.8) is 0 Å². The second-order valence-corrected chi connectivity index (χ2v) is 7.15. The lowest BCUT2D eigenvalue weighted by molar-refractivity contribution is -0.133. The molecule has 10 nitrogen and oxygen atoms in total. The van der Waals surface area contributed by atoms with Gasteiger partial charge in [0.2, 0.25) is 11.8 Å². The van der Waals surface area contributed by atoms with Crippen LogP contribution in [-0.2, 0) is 16.1 Å². The van der Waals surface area contributed by atoms with Gasteiger partial charge in [0.05, 0.1) is 0 Å². The third-order valence-electron chi connectivity index (χ3n) is 4.68. The fourth-order valence-corrected chi connectivity index (χ4v) is 3.33. The standard InChI is InChI=1S/C19H21ClN6O4/c1-28-10-14-22-16-17(23-19(21)24-18(16)30-14)26-8-6-25(7-9-26)15(27)11-29-13-4-2-12(20)3-5-13/h2-5H,6-11H2,1H3,(H2,21,23,24). The van der Waals surface area contributed by atoms with Crippen LogP contribution in [0, 0.1) is 0 Å². The summed E-state index contributed by atoms with van der Waals surface area (Å²) in [6.07, 6.45) is 0. The maximum atomic E-state index is 12.5. The number of hydrogen-bond donors (Lipinski definition) is 1. The second-order valence-electron chi connectivity index (χ2n) is 6.71. The van der Waals surface area contributed by atoms with E-state index in [1.807, 2.05) is 4.90 Å². The number of amides is 1. The van der Waals surface area contributed by atoms with Crippen LogP contribution in [-0.4, -0.2) is 65.7 Å². The van der Waals surface area contributed by atoms with Gasteiger partial charge in [-0.3, -0.25) is 4.79 Å². The number of fused-ring (bicyclic) bond motifs is 1. The topological polar surface area (TPSA) is 120 Å². The fourth-order valence-electron chi connectivity index (χ4n) is 3.21. The molecule has 3 heterocycles. The smallest absolute Gasteiger partial charge is 0.260 e. The SMILES string of the molecule is COCc1nc2c(N3CCN(C(=O)COc4ccc(Cl)cc4)CC3)nc(N)nc2o1. The molecular weight excluding hydrogens is 412 g/mol. The molecule has 0 aliphatic carbocycles. The van der Waals surface area contributed by atoms with Gasteiger partial charge in [-0.1, -0.05) is 11.6 Å². The van der Waals surface area contributed by atoms with E-state index in [2.05, 4.69) is 15.0 Å². The summed E-state index contributed by atoms with van der Waals surface area (Å²) in [5.74, 6) is 1.62. The largest absolute Gasteiger partial charge is 0.484 e. The predicted molar refractivity (Wildman–Crippen MR) is 110 cm³/mol. The van der Waals surface area contributed by atoms with Gasteiger partial charge in [0, 0.05) is 38.3 Å². The van der Waals surface area contributed by atoms with Crippen molar-refractivity contribution < 1.29 is 18.7 Å². The fraction of sp³-hybridized carbons (Fsp3) is 0.368. The third kappa shape index (κ3) is 4.39. The number of methoxy groups -OCH3 is 1. The van der Waals surface area contributed by atoms with Gasteiger partial charge in [0.15, 0.2) is 17.9 Å². The minimum atomic E-state index is -0.0826. The highest BCUT2D eigenvalue weighted by Gasteiger charge is 2.25. The monoisotopic (exact) mass is 432 g/mol. The molecule has 2 aromatic heterocycles. The molecule has 3 aromatic rings. The molecule has 0 unspecified atom stereocenters. The highest BCUT2D eigenvalue weighted by molar-refractivity contribution is 6.30. The zero-order valence-electron chi connectivity index (χ0n) is 16.4. The Labute approximate surface area is 177 Å². The van der Waals surface area contributed by atoms with Crippen LogP contribution in [0.5, 0.6) is 5.75 Å². The van der Waals surface area contributed by atoms with Gasteiger partial charge in [-0.15, -0.1) is 0 Å². The number of ether oxygens (including phenoxy) is 2. The first-order valence-corrected chi connectivity index (χ1v) is 9.74. The van der Waals surface area contributed by atoms with Crippen molar-refractivity contribution in [1.29, 1.82) is 0 Å². The maximum Gasteiger partial charge on any atom is 0.260 e. The molecule has 1 amide bonds. The van der Waals surface area contributed by atoms with Crippen LogP contribution in [0.15, 0.2) is 28.7 Å². The van der Waals surface area contributed by atoms with Gasteiger partial charge in [-0.05, 0) is 24.3 Å². The number of benzene rings is 1. The molecule has 0 radical (unpaired) electrons. The number of rotatable bonds is 6. The molecule has 1 aliphatic heterocycles. The Morgan fingerprint density at radius 2 is 1.90 bits per heavy atom. The van der Waals surface area contributed by atoms with E-state index in [4.69, 9.17) is 31.2 Å². The molecule has 1 fully saturated rings. The number of nitrogen functional groups attached to an aromatic ring is 1. The molecule has 0 saturated carbocycles. The summed E-state index contributed by atoms with van der Waals surface area (Å²) in [7, 11) is 1.56. The molecule has 0 bridgehead atoms. The number of nitrogens with two attached hydrogens (primary N) is 1. The predicted octanol–water partition coefficient (Wildman–Crippen LogP) is 1.73. The maximum absolute atomic E-state index is 12.5. The van der Waals surface area contributed by atoms with Crippen molar-refractivity contribution in [1.82, 2.24) is 19.9 Å². The van der Waals surface area contributed by atoms with Gasteiger partial charge < -0.3 is 29.4 Å². The summed E-state index contributed by atoms with van der Waals surface area (Å²) in [6, 6.07) is 6.90. The number of oxazole rings is 1. The number of piperazine rings is 1. The highest BCUT2D eigenvalue weighted by atomic mass is 35.5. The van der Waals surface area contributed by atoms with E-state index in [0.29, 0.717) is 59.9 Å². The van der Waals surface area contributed by atoms with Crippen LogP contribution >= 0.6 is 11.6 Å². The average molecular weight is 433 g/mol. The Balaban J connectivity index is 1.39. The number of carbonyl (C=O) groups excluding carboxylic acids is 1. The summed E-state index contributed by atoms with van der Waals surface area (Å²) >= 11 is 5.85. The molecule has 1 aromatic carbocycles. The number of hydrogen-bond acceptors (Lipinski definition) is 9. The van der Waals surface area contributed by atoms with E-state index < -0.39 is 0 Å². The van der Waals surface area contributed by atoms with Crippen molar-refractivity contribution in [2.75, 3.05) is 50.5 Å². The van der Waals surface area contributed by atoms with Crippen molar-refractivity contribution >= 4 is 40.5 Å². The Morgan fingerprint density at radius 1 is 1.17 bits per heavy atom. The first-order chi connectivity index (χ1) is 14.5. The van der Waals surface area contributed by atoms with E-state index in [9.17, 15) is 4.79 Å². The molecule has 30 heavy (non-hydrogen) atoms. The van der Waals surface area contributed by atoms with Crippen LogP contribution in [0.4, 0.5) is 11.8 Å². The van der Waals surface area contributed by atoms with Crippen molar-refractivity contribution in [3.05, 3.63) is 35.2 Å². The summed E-state index contributed by atoms with van der Waals surface area (Å²) in [5.41, 5.74) is 6.69. The average Bonchev–Trinajstić information content (AvgIpc) is 3.15. The van der Waals surface area contributed by atoms with E-state index in [1.54, 1.807) is 36.3 Å². The summed E-state index contributed by atoms with van der Waals surface area (Å²) in [5, 5.41) is 0.616. The van der Waals surface area contributed by atoms with Crippen molar-refractivity contribution in [3.8, 4) is 5.75 Å². The van der Waals surface area contributed by atoms with Crippen molar-refractivity contribution in [2.45, 2.75) is 6.61 Å². The minimum Gasteiger partial charge on any atom is -0.484 e. The molecule has 0 spiro atoms. The van der Waals surface area contributed by atoms with Crippen LogP contribution in [0.2, 0.25) is 5.02 Å². The molecule has 158 valence electrons. The highest BCUT2D eigenvalue weighted by Crippen LogP contribution is 2.26. The molecule has 4 rings (SSSR count). The Kier molecular flexibility index (Phi) is 5.86. The quantitative estimate of drug-likeness (QED) is 0.620. The molecule has 1 aliphatic rings. The molecule has 11 heteroatoms. The Bertz CT molecular complexity index is 1030. The van der Waals surface area contributed by atoms with E-state index in [-0.39, 0.29) is 25.1 Å². The lowest BCUT2D eigenvalue weighted by atomic mass is 10.3. The van der Waals surface area contributed by atoms with Crippen molar-refractivity contribution in [2.24, 2.45) is 0 Å². The number of halogens is 1. The van der Waals surface area contributed by atoms with Gasteiger partial charge in [-0.25, -0.2) is 4.98 Å². The molecule has 0 atom stereocenters. The van der Waals surface area contributed by atoms with E-state index in [1.165, 1.54) is 0 Å². The zero-order valence-corrected chi connectivity index (χ0v) is 17.1. The van der Waals surface area contributed by atoms with E-state index in [0.717, 1.165) is 0 Å². The first kappa shape index (κ1) is 20.2. The summed E-state index contributed by atoms with van der Waals surface area (Å²) < 4.78 is 16.2. The number of anilines is 2. The van der Waals surface area contributed by atoms with Gasteiger partial charge >= 0.3 is 0 Å². The third-order valence-corrected chi connectivity index (χ3v) is 4.93. The number of aromatic nitrogens is 3. The van der Waals surface area contributed by atoms with Crippen LogP contribution in [0.3, 0.4) is 0 Å². The van der Waals surface area contributed by atoms with Gasteiger partial charge in [0.1, 0.15) is 12.4 Å². The Morgan fingerprint density at radius 3 is 2.60 bits per heavy atom. The molecular formula is C19H21ClN6O4. The van der Waals surface area contributed by atoms with Gasteiger partial charge in [-0.2, -0.15) is 9.97 Å². The van der Waals surface area contributed by atoms with Crippen LogP contribution in [0.25, 0.3) is 11.2 Å². The van der Waals surface area contributed by atoms with Crippen LogP contribution in [0.1, 0.15) is 5.89 Å². The van der Waals surface area contributed by atoms with E-state index >= 15 is 0 Å². The number of carbonyl (C=O) groups is 1. The van der Waals surface area contributed by atoms with Crippen LogP contribution < -0.4 is 15.4 Å². The summed E-state index contributed by atoms with van der Waals surface area (Å²) in [4.78, 5) is 29.1. The second kappa shape index (κ2) is 8.72. The number of nitrogens with zero attached hydrogens (tertiary/aromatic N) is 5. The van der Waals surface area contributed by atoms with Gasteiger partial charge in [0.25, 0.3) is 11.6 Å². The lowest BCUT2D eigenvalue weighted by Crippen LogP contribution is -2.50. The first-order valence-electron chi connectivity index (χ1n) is 9.36. The zero-order chi connectivity index (χ0) is 21.1. The Hall–Kier alpha value is -3.11. The molecule has 2 N–H and O–H groups in total. The molecule has 1 saturated heterocycles. The summed E-state index contributed by atoms with van der Waals surface area (Å²) in [6.45, 7) is 2.39.